The molecule has 0 bridgehead atoms. The van der Waals surface area contributed by atoms with Crippen molar-refractivity contribution >= 4 is 18.2 Å². The van der Waals surface area contributed by atoms with Crippen LogP contribution < -0.4 is 9.75 Å². The van der Waals surface area contributed by atoms with E-state index in [1.54, 1.807) is 0 Å². The maximum atomic E-state index is 6.15. The molecule has 2 aromatic rings. The van der Waals surface area contributed by atoms with Gasteiger partial charge in [-0.25, -0.2) is 10.0 Å². The predicted octanol–water partition coefficient (Wildman–Crippen LogP) is 4.34. The number of rotatable bonds is 6. The minimum absolute atomic E-state index is 0.379. The van der Waals surface area contributed by atoms with E-state index in [1.807, 2.05) is 49.2 Å². The lowest BCUT2D eigenvalue weighted by Gasteiger charge is -2.46. The Morgan fingerprint density at radius 2 is 1.90 bits per heavy atom. The van der Waals surface area contributed by atoms with Crippen LogP contribution in [0.15, 0.2) is 88.9 Å². The molecule has 1 unspecified atom stereocenters. The summed E-state index contributed by atoms with van der Waals surface area (Å²) in [6, 6.07) is 19.1. The van der Waals surface area contributed by atoms with Crippen molar-refractivity contribution in [1.82, 2.24) is 4.90 Å². The molecule has 1 saturated heterocycles. The molecular weight excluding hydrogens is 386 g/mol. The van der Waals surface area contributed by atoms with E-state index in [1.165, 1.54) is 0 Å². The Hall–Kier alpha value is -3.22. The first-order valence-electron chi connectivity index (χ1n) is 10.8. The third-order valence-electron chi connectivity index (χ3n) is 6.17. The van der Waals surface area contributed by atoms with E-state index in [0.717, 1.165) is 48.6 Å². The van der Waals surface area contributed by atoms with Crippen molar-refractivity contribution in [2.24, 2.45) is 9.98 Å². The highest BCUT2D eigenvalue weighted by Crippen LogP contribution is 2.37. The number of hydrogen-bond donors (Lipinski definition) is 0. The van der Waals surface area contributed by atoms with E-state index in [2.05, 4.69) is 63.5 Å². The van der Waals surface area contributed by atoms with Crippen LogP contribution in [0.1, 0.15) is 18.4 Å². The van der Waals surface area contributed by atoms with Gasteiger partial charge in [-0.15, -0.1) is 4.59 Å². The van der Waals surface area contributed by atoms with Crippen LogP contribution >= 0.6 is 0 Å². The number of aliphatic imine (C=N–C) groups is 2. The zero-order valence-electron chi connectivity index (χ0n) is 17.8. The van der Waals surface area contributed by atoms with Gasteiger partial charge in [0.2, 0.25) is 12.0 Å². The van der Waals surface area contributed by atoms with Crippen LogP contribution in [0.25, 0.3) is 0 Å². The molecule has 1 atom stereocenters. The van der Waals surface area contributed by atoms with Gasteiger partial charge in [0.1, 0.15) is 12.4 Å². The van der Waals surface area contributed by atoms with Crippen LogP contribution in [0.4, 0.5) is 5.69 Å². The normalized spacial score (nSPS) is 22.9. The highest BCUT2D eigenvalue weighted by molar-refractivity contribution is 5.82. The lowest BCUT2D eigenvalue weighted by atomic mass is 10.0. The molecule has 0 spiro atoms. The summed E-state index contributed by atoms with van der Waals surface area (Å²) >= 11 is 0. The number of piperidine rings is 1. The number of nitrogens with zero attached hydrogens (tertiary/aromatic N) is 5. The van der Waals surface area contributed by atoms with Gasteiger partial charge in [0.25, 0.3) is 0 Å². The van der Waals surface area contributed by atoms with Crippen molar-refractivity contribution < 1.29 is 9.33 Å². The molecule has 6 heteroatoms. The molecule has 0 radical (unpaired) electrons. The molecule has 3 aliphatic rings. The van der Waals surface area contributed by atoms with Crippen LogP contribution in [-0.2, 0) is 6.61 Å². The molecule has 0 saturated carbocycles. The van der Waals surface area contributed by atoms with Gasteiger partial charge in [0, 0.05) is 6.07 Å². The molecule has 6 nitrogen and oxygen atoms in total. The van der Waals surface area contributed by atoms with Gasteiger partial charge in [-0.2, -0.15) is 0 Å². The molecule has 0 amide bonds. The van der Waals surface area contributed by atoms with E-state index in [9.17, 15) is 0 Å². The summed E-state index contributed by atoms with van der Waals surface area (Å²) in [5.41, 5.74) is 3.34. The highest BCUT2D eigenvalue weighted by atomic mass is 16.5. The van der Waals surface area contributed by atoms with Crippen LogP contribution in [0, 0.1) is 0 Å². The topological polar surface area (TPSA) is 40.4 Å². The molecule has 31 heavy (non-hydrogen) atoms. The maximum absolute atomic E-state index is 6.15. The minimum atomic E-state index is 0.379. The fourth-order valence-electron chi connectivity index (χ4n) is 4.50. The second-order valence-electron chi connectivity index (χ2n) is 8.28. The van der Waals surface area contributed by atoms with Crippen LogP contribution in [0.5, 0.6) is 5.75 Å². The summed E-state index contributed by atoms with van der Waals surface area (Å²) < 4.78 is 6.59. The highest BCUT2D eigenvalue weighted by Gasteiger charge is 2.45. The van der Waals surface area contributed by atoms with Crippen LogP contribution in [0.2, 0.25) is 0 Å². The Morgan fingerprint density at radius 3 is 2.74 bits per heavy atom. The maximum Gasteiger partial charge on any atom is 0.225 e. The van der Waals surface area contributed by atoms with E-state index in [-0.39, 0.29) is 0 Å². The van der Waals surface area contributed by atoms with Crippen molar-refractivity contribution in [3.05, 3.63) is 84.5 Å². The van der Waals surface area contributed by atoms with Crippen LogP contribution in [0.3, 0.4) is 0 Å². The third kappa shape index (κ3) is 3.92. The third-order valence-corrected chi connectivity index (χ3v) is 6.17. The Labute approximate surface area is 183 Å². The van der Waals surface area contributed by atoms with E-state index in [4.69, 9.17) is 4.74 Å². The molecule has 0 aliphatic carbocycles. The van der Waals surface area contributed by atoms with Crippen molar-refractivity contribution in [2.75, 3.05) is 25.1 Å². The Kier molecular flexibility index (Phi) is 5.40. The summed E-state index contributed by atoms with van der Waals surface area (Å²) in [5, 5.41) is 2.46. The van der Waals surface area contributed by atoms with Crippen LogP contribution in [-0.4, -0.2) is 48.2 Å². The van der Waals surface area contributed by atoms with E-state index < -0.39 is 0 Å². The molecule has 3 heterocycles. The van der Waals surface area contributed by atoms with Gasteiger partial charge in [-0.1, -0.05) is 36.4 Å². The van der Waals surface area contributed by atoms with Gasteiger partial charge >= 0.3 is 0 Å². The molecule has 158 valence electrons. The van der Waals surface area contributed by atoms with Crippen molar-refractivity contribution in [3.8, 4) is 5.75 Å². The van der Waals surface area contributed by atoms with E-state index >= 15 is 0 Å². The van der Waals surface area contributed by atoms with Crippen molar-refractivity contribution in [3.63, 3.8) is 0 Å². The largest absolute Gasteiger partial charge is 0.489 e. The SMILES string of the molecule is CN1CCC(N(c2cccc(OCc3ccccc3)c2)[N+]23C=CN=CC2=CN=C3)CC1. The number of anilines is 1. The first-order valence-corrected chi connectivity index (χ1v) is 10.8. The predicted molar refractivity (Wildman–Crippen MR) is 125 cm³/mol. The van der Waals surface area contributed by atoms with Gasteiger partial charge in [-0.3, -0.25) is 4.99 Å². The summed E-state index contributed by atoms with van der Waals surface area (Å²) in [5.74, 6) is 0.869. The molecule has 0 aromatic heterocycles. The fourth-order valence-corrected chi connectivity index (χ4v) is 4.50. The number of fused-ring (bicyclic) bond motifs is 1. The van der Waals surface area contributed by atoms with Gasteiger partial charge in [0.05, 0.1) is 30.3 Å². The number of ether oxygens (including phenoxy) is 1. The molecule has 5 rings (SSSR count). The number of quaternary nitrogens is 1. The second kappa shape index (κ2) is 8.49. The number of allylic oxidation sites excluding steroid dienone is 1. The lowest BCUT2D eigenvalue weighted by molar-refractivity contribution is -0.746. The zero-order chi connectivity index (χ0) is 21.1. The minimum Gasteiger partial charge on any atom is -0.489 e. The molecular formula is C25H28N5O+. The molecule has 1 fully saturated rings. The Morgan fingerprint density at radius 1 is 1.06 bits per heavy atom. The standard InChI is InChI=1S/C25H28N5O/c1-28-13-10-22(11-14-28)29(30-15-12-26-17-24(30)18-27-20-30)23-8-5-9-25(16-23)31-19-21-6-3-2-4-7-21/h2-9,12,15-18,20,22H,10-11,13-14,19H2,1H3/q+1. The molecule has 3 aliphatic heterocycles. The average Bonchev–Trinajstić information content (AvgIpc) is 3.25. The summed E-state index contributed by atoms with van der Waals surface area (Å²) in [6.07, 6.45) is 12.0. The summed E-state index contributed by atoms with van der Waals surface area (Å²) in [7, 11) is 2.20. The van der Waals surface area contributed by atoms with Gasteiger partial charge in [-0.05, 0) is 50.7 Å². The second-order valence-corrected chi connectivity index (χ2v) is 8.28. The molecule has 2 aromatic carbocycles. The number of benzene rings is 2. The summed E-state index contributed by atoms with van der Waals surface area (Å²) in [4.78, 5) is 11.3. The Bertz CT molecular complexity index is 1040. The van der Waals surface area contributed by atoms with Crippen molar-refractivity contribution in [1.29, 1.82) is 0 Å². The average molecular weight is 415 g/mol. The molecule has 0 N–H and O–H groups in total. The Balaban J connectivity index is 1.47. The zero-order valence-corrected chi connectivity index (χ0v) is 17.8. The van der Waals surface area contributed by atoms with Gasteiger partial charge in [0.15, 0.2) is 6.20 Å². The number of likely N-dealkylation sites (tertiary alicyclic amines) is 1. The first kappa shape index (κ1) is 19.7. The lowest BCUT2D eigenvalue weighted by Crippen LogP contribution is -2.61. The van der Waals surface area contributed by atoms with Gasteiger partial charge < -0.3 is 9.64 Å². The quantitative estimate of drug-likeness (QED) is 0.661. The van der Waals surface area contributed by atoms with Crippen molar-refractivity contribution in [2.45, 2.75) is 25.5 Å². The first-order chi connectivity index (χ1) is 15.2. The fraction of sp³-hybridized carbons (Fsp3) is 0.280. The summed E-state index contributed by atoms with van der Waals surface area (Å²) in [6.45, 7) is 2.72. The van der Waals surface area contributed by atoms with E-state index in [0.29, 0.717) is 17.2 Å². The monoisotopic (exact) mass is 414 g/mol. The smallest absolute Gasteiger partial charge is 0.225 e. The number of hydrogen-bond acceptors (Lipinski definition) is 5.